The van der Waals surface area contributed by atoms with Crippen LogP contribution in [0.15, 0.2) is 24.3 Å². The second-order valence-corrected chi connectivity index (χ2v) is 6.09. The molecule has 0 aliphatic carbocycles. The van der Waals surface area contributed by atoms with Gasteiger partial charge < -0.3 is 5.32 Å². The molecular formula is C16H17Cl2N3. The van der Waals surface area contributed by atoms with Crippen molar-refractivity contribution in [2.75, 3.05) is 13.1 Å². The highest BCUT2D eigenvalue weighted by atomic mass is 35.5. The number of benzene rings is 1. The lowest BCUT2D eigenvalue weighted by molar-refractivity contribution is 0.453. The molecule has 5 heteroatoms. The van der Waals surface area contributed by atoms with E-state index in [1.165, 1.54) is 5.69 Å². The molecule has 110 valence electrons. The highest BCUT2D eigenvalue weighted by Crippen LogP contribution is 2.25. The van der Waals surface area contributed by atoms with Gasteiger partial charge in [0.1, 0.15) is 0 Å². The van der Waals surface area contributed by atoms with Crippen molar-refractivity contribution in [2.24, 2.45) is 0 Å². The summed E-state index contributed by atoms with van der Waals surface area (Å²) in [5, 5.41) is 12.0. The molecule has 3 rings (SSSR count). The van der Waals surface area contributed by atoms with Crippen molar-refractivity contribution in [3.63, 3.8) is 0 Å². The van der Waals surface area contributed by atoms with Crippen LogP contribution in [0.2, 0.25) is 10.0 Å². The van der Waals surface area contributed by atoms with Crippen LogP contribution >= 0.6 is 23.2 Å². The summed E-state index contributed by atoms with van der Waals surface area (Å²) in [5.41, 5.74) is 3.18. The van der Waals surface area contributed by atoms with Crippen LogP contribution in [0.3, 0.4) is 0 Å². The fraction of sp³-hybridized carbons (Fsp3) is 0.312. The molecule has 0 saturated carbocycles. The summed E-state index contributed by atoms with van der Waals surface area (Å²) >= 11 is 11.9. The van der Waals surface area contributed by atoms with Gasteiger partial charge in [0, 0.05) is 11.6 Å². The van der Waals surface area contributed by atoms with E-state index in [1.54, 1.807) is 6.07 Å². The molecule has 2 N–H and O–H groups in total. The molecule has 1 fully saturated rings. The van der Waals surface area contributed by atoms with E-state index >= 15 is 0 Å². The molecule has 0 spiro atoms. The first-order valence-electron chi connectivity index (χ1n) is 7.11. The van der Waals surface area contributed by atoms with Crippen LogP contribution in [0.25, 0.3) is 12.2 Å². The molecular weight excluding hydrogens is 305 g/mol. The van der Waals surface area contributed by atoms with Gasteiger partial charge in [-0.15, -0.1) is 0 Å². The van der Waals surface area contributed by atoms with Crippen molar-refractivity contribution in [3.05, 3.63) is 51.3 Å². The van der Waals surface area contributed by atoms with E-state index in [-0.39, 0.29) is 0 Å². The lowest BCUT2D eigenvalue weighted by atomic mass is 9.94. The molecule has 0 amide bonds. The van der Waals surface area contributed by atoms with Gasteiger partial charge in [-0.25, -0.2) is 0 Å². The van der Waals surface area contributed by atoms with Gasteiger partial charge in [0.2, 0.25) is 0 Å². The summed E-state index contributed by atoms with van der Waals surface area (Å²) < 4.78 is 0. The Morgan fingerprint density at radius 2 is 1.86 bits per heavy atom. The first-order chi connectivity index (χ1) is 10.2. The number of nitrogens with zero attached hydrogens (tertiary/aromatic N) is 1. The fourth-order valence-corrected chi connectivity index (χ4v) is 2.88. The van der Waals surface area contributed by atoms with E-state index in [9.17, 15) is 0 Å². The van der Waals surface area contributed by atoms with Crippen LogP contribution < -0.4 is 5.32 Å². The Morgan fingerprint density at radius 3 is 2.62 bits per heavy atom. The molecule has 1 aliphatic heterocycles. The first kappa shape index (κ1) is 14.6. The SMILES string of the molecule is Clc1ccc(/C=C/c2cc(C3CCNCC3)[nH]n2)cc1Cl. The normalized spacial score (nSPS) is 16.7. The summed E-state index contributed by atoms with van der Waals surface area (Å²) in [6.07, 6.45) is 6.31. The van der Waals surface area contributed by atoms with Gasteiger partial charge in [-0.1, -0.05) is 35.3 Å². The third-order valence-electron chi connectivity index (χ3n) is 3.79. The van der Waals surface area contributed by atoms with Crippen molar-refractivity contribution < 1.29 is 0 Å². The van der Waals surface area contributed by atoms with E-state index in [0.717, 1.165) is 37.2 Å². The summed E-state index contributed by atoms with van der Waals surface area (Å²) in [4.78, 5) is 0. The maximum Gasteiger partial charge on any atom is 0.0851 e. The Morgan fingerprint density at radius 1 is 1.05 bits per heavy atom. The summed E-state index contributed by atoms with van der Waals surface area (Å²) in [6, 6.07) is 7.71. The lowest BCUT2D eigenvalue weighted by Gasteiger charge is -2.20. The van der Waals surface area contributed by atoms with Gasteiger partial charge in [-0.2, -0.15) is 5.10 Å². The van der Waals surface area contributed by atoms with Gasteiger partial charge in [0.15, 0.2) is 0 Å². The largest absolute Gasteiger partial charge is 0.317 e. The second kappa shape index (κ2) is 6.65. The number of hydrogen-bond donors (Lipinski definition) is 2. The zero-order valence-electron chi connectivity index (χ0n) is 11.6. The standard InChI is InChI=1S/C16H17Cl2N3/c17-14-4-2-11(9-15(14)18)1-3-13-10-16(21-20-13)12-5-7-19-8-6-12/h1-4,9-10,12,19H,5-8H2,(H,20,21)/b3-1+. The summed E-state index contributed by atoms with van der Waals surface area (Å²) in [6.45, 7) is 2.16. The lowest BCUT2D eigenvalue weighted by Crippen LogP contribution is -2.26. The quantitative estimate of drug-likeness (QED) is 0.882. The van der Waals surface area contributed by atoms with Crippen LogP contribution in [-0.2, 0) is 0 Å². The van der Waals surface area contributed by atoms with Crippen LogP contribution in [0.1, 0.15) is 35.7 Å². The Balaban J connectivity index is 1.71. The average molecular weight is 322 g/mol. The predicted octanol–water partition coefficient (Wildman–Crippen LogP) is 4.35. The molecule has 1 aromatic heterocycles. The van der Waals surface area contributed by atoms with Gasteiger partial charge >= 0.3 is 0 Å². The fourth-order valence-electron chi connectivity index (χ4n) is 2.58. The monoisotopic (exact) mass is 321 g/mol. The van der Waals surface area contributed by atoms with E-state index in [0.29, 0.717) is 16.0 Å². The van der Waals surface area contributed by atoms with E-state index in [4.69, 9.17) is 23.2 Å². The zero-order chi connectivity index (χ0) is 14.7. The van der Waals surface area contributed by atoms with Crippen LogP contribution in [0.4, 0.5) is 0 Å². The smallest absolute Gasteiger partial charge is 0.0851 e. The number of nitrogens with one attached hydrogen (secondary N) is 2. The molecule has 1 aromatic carbocycles. The van der Waals surface area contributed by atoms with Crippen molar-refractivity contribution in [2.45, 2.75) is 18.8 Å². The van der Waals surface area contributed by atoms with E-state index in [1.807, 2.05) is 24.3 Å². The molecule has 0 atom stereocenters. The molecule has 1 aliphatic rings. The van der Waals surface area contributed by atoms with Crippen molar-refractivity contribution in [1.29, 1.82) is 0 Å². The van der Waals surface area contributed by atoms with Crippen molar-refractivity contribution >= 4 is 35.4 Å². The third kappa shape index (κ3) is 3.67. The predicted molar refractivity (Wildman–Crippen MR) is 88.8 cm³/mol. The van der Waals surface area contributed by atoms with Crippen molar-refractivity contribution in [1.82, 2.24) is 15.5 Å². The maximum atomic E-state index is 6.01. The van der Waals surface area contributed by atoms with Gasteiger partial charge in [-0.05, 0) is 55.8 Å². The number of halogens is 2. The molecule has 2 aromatic rings. The summed E-state index contributed by atoms with van der Waals surface area (Å²) in [5.74, 6) is 0.589. The topological polar surface area (TPSA) is 40.7 Å². The van der Waals surface area contributed by atoms with Crippen LogP contribution in [-0.4, -0.2) is 23.3 Å². The number of H-pyrrole nitrogens is 1. The van der Waals surface area contributed by atoms with Crippen molar-refractivity contribution in [3.8, 4) is 0 Å². The molecule has 1 saturated heterocycles. The van der Waals surface area contributed by atoms with Gasteiger partial charge in [0.05, 0.1) is 15.7 Å². The molecule has 21 heavy (non-hydrogen) atoms. The van der Waals surface area contributed by atoms with E-state index < -0.39 is 0 Å². The Bertz CT molecular complexity index is 643. The maximum absolute atomic E-state index is 6.01. The molecule has 2 heterocycles. The number of aromatic nitrogens is 2. The minimum atomic E-state index is 0.566. The zero-order valence-corrected chi connectivity index (χ0v) is 13.1. The second-order valence-electron chi connectivity index (χ2n) is 5.28. The number of piperidine rings is 1. The number of hydrogen-bond acceptors (Lipinski definition) is 2. The minimum Gasteiger partial charge on any atom is -0.317 e. The Kier molecular flexibility index (Phi) is 4.63. The molecule has 0 bridgehead atoms. The highest BCUT2D eigenvalue weighted by molar-refractivity contribution is 6.42. The van der Waals surface area contributed by atoms with Crippen LogP contribution in [0.5, 0.6) is 0 Å². The average Bonchev–Trinajstić information content (AvgIpc) is 2.98. The molecule has 3 nitrogen and oxygen atoms in total. The number of rotatable bonds is 3. The van der Waals surface area contributed by atoms with Gasteiger partial charge in [0.25, 0.3) is 0 Å². The molecule has 0 unspecified atom stereocenters. The highest BCUT2D eigenvalue weighted by Gasteiger charge is 2.16. The minimum absolute atomic E-state index is 0.566. The molecule has 0 radical (unpaired) electrons. The van der Waals surface area contributed by atoms with Crippen LogP contribution in [0, 0.1) is 0 Å². The van der Waals surface area contributed by atoms with Gasteiger partial charge in [-0.3, -0.25) is 5.10 Å². The Hall–Kier alpha value is -1.29. The number of aromatic amines is 1. The Labute approximate surface area is 134 Å². The summed E-state index contributed by atoms with van der Waals surface area (Å²) in [7, 11) is 0. The first-order valence-corrected chi connectivity index (χ1v) is 7.87. The van der Waals surface area contributed by atoms with E-state index in [2.05, 4.69) is 21.6 Å². The third-order valence-corrected chi connectivity index (χ3v) is 4.53.